The Bertz CT molecular complexity index is 1620. The van der Waals surface area contributed by atoms with Crippen LogP contribution in [0.2, 0.25) is 0 Å². The zero-order valence-corrected chi connectivity index (χ0v) is 25.7. The van der Waals surface area contributed by atoms with Crippen molar-refractivity contribution in [2.45, 2.75) is 51.2 Å². The van der Waals surface area contributed by atoms with Gasteiger partial charge >= 0.3 is 12.1 Å². The fraction of sp³-hybridized carbons (Fsp3) is 0.222. The lowest BCUT2D eigenvalue weighted by Gasteiger charge is -2.23. The minimum atomic E-state index is -1.25. The highest BCUT2D eigenvalue weighted by atomic mass is 16.5. The number of amides is 3. The summed E-state index contributed by atoms with van der Waals surface area (Å²) in [5, 5.41) is 15.5. The number of phenols is 1. The van der Waals surface area contributed by atoms with Crippen molar-refractivity contribution in [3.8, 4) is 11.5 Å². The second-order valence-corrected chi connectivity index (χ2v) is 10.7. The number of hydrogen-bond donors (Lipinski definition) is 4. The second-order valence-electron chi connectivity index (χ2n) is 10.7. The molecule has 0 spiro atoms. The van der Waals surface area contributed by atoms with Crippen LogP contribution < -0.4 is 21.1 Å². The van der Waals surface area contributed by atoms with Crippen LogP contribution >= 0.6 is 0 Å². The molecule has 0 aliphatic rings. The summed E-state index contributed by atoms with van der Waals surface area (Å²) < 4.78 is 16.6. The third kappa shape index (κ3) is 11.5. The van der Waals surface area contributed by atoms with E-state index in [2.05, 4.69) is 10.6 Å². The van der Waals surface area contributed by atoms with E-state index in [0.717, 1.165) is 16.7 Å². The molecule has 0 unspecified atom stereocenters. The van der Waals surface area contributed by atoms with Crippen molar-refractivity contribution in [3.05, 3.63) is 131 Å². The number of esters is 1. The molecule has 0 saturated carbocycles. The number of phenolic OH excluding ortho intramolecular Hbond substituents is 1. The standard InChI is InChI=1S/C36H37N3O8/c37-33(41)19-17-29(39-36(44)47-24-27-14-8-3-9-15-27)34(42)38-30(35(43)46-23-26-12-6-2-7-13-26)20-28-16-18-31(40)32(21-28)45-22-25-10-4-1-5-11-25/h1-16,18,21,29-30,40H,17,19-20,22-24H2,(H2,37,41)(H,38,42)(H,39,44)/t29-,30-/m0/s1. The maximum Gasteiger partial charge on any atom is 0.408 e. The lowest BCUT2D eigenvalue weighted by Crippen LogP contribution is -2.52. The van der Waals surface area contributed by atoms with Crippen LogP contribution in [-0.4, -0.2) is 41.1 Å². The molecule has 4 rings (SSSR count). The van der Waals surface area contributed by atoms with Crippen molar-refractivity contribution < 1.29 is 38.5 Å². The molecule has 11 heteroatoms. The summed E-state index contributed by atoms with van der Waals surface area (Å²) >= 11 is 0. The van der Waals surface area contributed by atoms with Crippen LogP contribution in [0.25, 0.3) is 0 Å². The first kappa shape index (κ1) is 34.0. The molecule has 0 aliphatic heterocycles. The van der Waals surface area contributed by atoms with Gasteiger partial charge in [0.1, 0.15) is 31.9 Å². The number of carbonyl (C=O) groups is 4. The van der Waals surface area contributed by atoms with Gasteiger partial charge in [0.15, 0.2) is 11.5 Å². The topological polar surface area (TPSA) is 166 Å². The summed E-state index contributed by atoms with van der Waals surface area (Å²) in [6, 6.07) is 29.5. The van der Waals surface area contributed by atoms with Gasteiger partial charge in [-0.25, -0.2) is 9.59 Å². The Kier molecular flexibility index (Phi) is 12.7. The molecule has 0 radical (unpaired) electrons. The molecule has 244 valence electrons. The van der Waals surface area contributed by atoms with E-state index in [0.29, 0.717) is 5.56 Å². The van der Waals surface area contributed by atoms with Crippen LogP contribution in [0.4, 0.5) is 4.79 Å². The number of nitrogens with two attached hydrogens (primary N) is 1. The summed E-state index contributed by atoms with van der Waals surface area (Å²) in [6.07, 6.45) is -1.27. The third-order valence-electron chi connectivity index (χ3n) is 7.03. The van der Waals surface area contributed by atoms with Crippen LogP contribution in [0.3, 0.4) is 0 Å². The molecule has 4 aromatic rings. The lowest BCUT2D eigenvalue weighted by molar-refractivity contribution is -0.149. The first-order valence-electron chi connectivity index (χ1n) is 15.0. The van der Waals surface area contributed by atoms with Crippen molar-refractivity contribution in [1.82, 2.24) is 10.6 Å². The molecule has 0 saturated heterocycles. The predicted molar refractivity (Wildman–Crippen MR) is 173 cm³/mol. The van der Waals surface area contributed by atoms with E-state index >= 15 is 0 Å². The van der Waals surface area contributed by atoms with Crippen molar-refractivity contribution in [1.29, 1.82) is 0 Å². The largest absolute Gasteiger partial charge is 0.504 e. The number of ether oxygens (including phenoxy) is 3. The first-order chi connectivity index (χ1) is 22.8. The Hall–Kier alpha value is -5.84. The van der Waals surface area contributed by atoms with Gasteiger partial charge in [-0.3, -0.25) is 9.59 Å². The predicted octanol–water partition coefficient (Wildman–Crippen LogP) is 4.30. The summed E-state index contributed by atoms with van der Waals surface area (Å²) in [6.45, 7) is 0.119. The Labute approximate surface area is 272 Å². The van der Waals surface area contributed by atoms with E-state index in [9.17, 15) is 24.3 Å². The third-order valence-corrected chi connectivity index (χ3v) is 7.03. The van der Waals surface area contributed by atoms with Crippen LogP contribution in [0.1, 0.15) is 35.1 Å². The summed E-state index contributed by atoms with van der Waals surface area (Å²) in [5.74, 6) is -2.06. The van der Waals surface area contributed by atoms with Crippen LogP contribution in [0.5, 0.6) is 11.5 Å². The highest BCUT2D eigenvalue weighted by Crippen LogP contribution is 2.28. The van der Waals surface area contributed by atoms with Crippen LogP contribution in [-0.2, 0) is 50.1 Å². The van der Waals surface area contributed by atoms with E-state index in [1.54, 1.807) is 48.5 Å². The monoisotopic (exact) mass is 639 g/mol. The Morgan fingerprint density at radius 3 is 1.79 bits per heavy atom. The maximum absolute atomic E-state index is 13.5. The highest BCUT2D eigenvalue weighted by Gasteiger charge is 2.29. The smallest absolute Gasteiger partial charge is 0.408 e. The van der Waals surface area contributed by atoms with E-state index in [1.807, 2.05) is 54.6 Å². The van der Waals surface area contributed by atoms with Crippen molar-refractivity contribution in [2.75, 3.05) is 0 Å². The van der Waals surface area contributed by atoms with Gasteiger partial charge in [-0.05, 0) is 40.8 Å². The van der Waals surface area contributed by atoms with E-state index in [-0.39, 0.29) is 50.6 Å². The molecule has 0 heterocycles. The summed E-state index contributed by atoms with van der Waals surface area (Å²) in [5.41, 5.74) is 8.25. The molecule has 0 aromatic heterocycles. The van der Waals surface area contributed by atoms with Crippen molar-refractivity contribution in [2.24, 2.45) is 5.73 Å². The van der Waals surface area contributed by atoms with Gasteiger partial charge in [-0.1, -0.05) is 97.1 Å². The van der Waals surface area contributed by atoms with Gasteiger partial charge in [-0.2, -0.15) is 0 Å². The number of nitrogens with one attached hydrogen (secondary N) is 2. The molecule has 11 nitrogen and oxygen atoms in total. The Balaban J connectivity index is 1.49. The fourth-order valence-electron chi connectivity index (χ4n) is 4.53. The van der Waals surface area contributed by atoms with Crippen LogP contribution in [0.15, 0.2) is 109 Å². The molecule has 47 heavy (non-hydrogen) atoms. The average Bonchev–Trinajstić information content (AvgIpc) is 3.09. The average molecular weight is 640 g/mol. The van der Waals surface area contributed by atoms with E-state index < -0.39 is 36.0 Å². The quantitative estimate of drug-likeness (QED) is 0.132. The Morgan fingerprint density at radius 2 is 1.21 bits per heavy atom. The number of carbonyl (C=O) groups excluding carboxylic acids is 4. The number of rotatable bonds is 16. The Morgan fingerprint density at radius 1 is 0.660 bits per heavy atom. The van der Waals surface area contributed by atoms with Gasteiger partial charge in [0.2, 0.25) is 11.8 Å². The lowest BCUT2D eigenvalue weighted by atomic mass is 10.0. The molecule has 0 bridgehead atoms. The summed E-state index contributed by atoms with van der Waals surface area (Å²) in [4.78, 5) is 51.1. The summed E-state index contributed by atoms with van der Waals surface area (Å²) in [7, 11) is 0. The number of primary amides is 1. The zero-order valence-electron chi connectivity index (χ0n) is 25.7. The van der Waals surface area contributed by atoms with Crippen molar-refractivity contribution >= 4 is 23.9 Å². The number of hydrogen-bond acceptors (Lipinski definition) is 8. The van der Waals surface area contributed by atoms with Gasteiger partial charge in [0.25, 0.3) is 0 Å². The molecular formula is C36H37N3O8. The van der Waals surface area contributed by atoms with Gasteiger partial charge in [0, 0.05) is 12.8 Å². The second kappa shape index (κ2) is 17.6. The maximum atomic E-state index is 13.5. The molecular weight excluding hydrogens is 602 g/mol. The van der Waals surface area contributed by atoms with E-state index in [1.165, 1.54) is 6.07 Å². The van der Waals surface area contributed by atoms with Crippen LogP contribution in [0, 0.1) is 0 Å². The van der Waals surface area contributed by atoms with E-state index in [4.69, 9.17) is 19.9 Å². The van der Waals surface area contributed by atoms with Crippen molar-refractivity contribution in [3.63, 3.8) is 0 Å². The molecule has 5 N–H and O–H groups in total. The number of aromatic hydroxyl groups is 1. The van der Waals surface area contributed by atoms with Gasteiger partial charge in [0.05, 0.1) is 0 Å². The molecule has 0 fully saturated rings. The van der Waals surface area contributed by atoms with Gasteiger partial charge in [-0.15, -0.1) is 0 Å². The minimum absolute atomic E-state index is 0.0394. The molecule has 4 aromatic carbocycles. The first-order valence-corrected chi connectivity index (χ1v) is 15.0. The number of benzene rings is 4. The highest BCUT2D eigenvalue weighted by molar-refractivity contribution is 5.90. The minimum Gasteiger partial charge on any atom is -0.504 e. The molecule has 3 amide bonds. The van der Waals surface area contributed by atoms with Gasteiger partial charge < -0.3 is 35.7 Å². The number of alkyl carbamates (subject to hydrolysis) is 1. The zero-order chi connectivity index (χ0) is 33.4. The molecule has 0 aliphatic carbocycles. The SMILES string of the molecule is NC(=O)CC[C@H](NC(=O)OCc1ccccc1)C(=O)N[C@@H](Cc1ccc(O)c(OCc2ccccc2)c1)C(=O)OCc1ccccc1. The normalized spacial score (nSPS) is 11.8. The fourth-order valence-corrected chi connectivity index (χ4v) is 4.53. The molecule has 2 atom stereocenters.